The van der Waals surface area contributed by atoms with Crippen molar-refractivity contribution < 1.29 is 14.3 Å². The maximum Gasteiger partial charge on any atom is 0.140 e. The van der Waals surface area contributed by atoms with Crippen molar-refractivity contribution in [2.24, 2.45) is 0 Å². The molecule has 0 spiro atoms. The number of aliphatic hydroxyl groups is 1. The molecule has 2 aromatic rings. The molecule has 13 heavy (non-hydrogen) atoms. The fourth-order valence-corrected chi connectivity index (χ4v) is 1.42. The lowest BCUT2D eigenvalue weighted by Crippen LogP contribution is -1.86. The number of hydrogen-bond donors (Lipinski definition) is 1. The lowest BCUT2D eigenvalue weighted by molar-refractivity contribution is 0.249. The van der Waals surface area contributed by atoms with Crippen molar-refractivity contribution in [2.75, 3.05) is 7.11 Å². The van der Waals surface area contributed by atoms with Gasteiger partial charge in [0.05, 0.1) is 18.8 Å². The van der Waals surface area contributed by atoms with Gasteiger partial charge in [-0.1, -0.05) is 12.1 Å². The number of hydrogen-bond acceptors (Lipinski definition) is 3. The Morgan fingerprint density at radius 3 is 3.00 bits per heavy atom. The van der Waals surface area contributed by atoms with Gasteiger partial charge in [0, 0.05) is 5.39 Å². The molecule has 0 saturated heterocycles. The normalized spacial score (nSPS) is 10.6. The topological polar surface area (TPSA) is 42.6 Å². The van der Waals surface area contributed by atoms with Gasteiger partial charge in [-0.3, -0.25) is 0 Å². The van der Waals surface area contributed by atoms with Gasteiger partial charge in [-0.05, 0) is 6.07 Å². The van der Waals surface area contributed by atoms with Gasteiger partial charge in [0.2, 0.25) is 0 Å². The standard InChI is InChI=1S/C10H10O3/c1-12-8-4-2-3-7-6-13-9(5-11)10(7)8/h2-4,6,11H,5H2,1H3. The van der Waals surface area contributed by atoms with Crippen LogP contribution in [0.15, 0.2) is 28.9 Å². The third-order valence-electron chi connectivity index (χ3n) is 2.03. The zero-order valence-corrected chi connectivity index (χ0v) is 7.28. The Labute approximate surface area is 75.5 Å². The molecule has 0 aliphatic rings. The first kappa shape index (κ1) is 8.13. The summed E-state index contributed by atoms with van der Waals surface area (Å²) in [6.45, 7) is -0.107. The van der Waals surface area contributed by atoms with Crippen molar-refractivity contribution in [3.63, 3.8) is 0 Å². The molecule has 0 aliphatic carbocycles. The average Bonchev–Trinajstić information content (AvgIpc) is 2.60. The van der Waals surface area contributed by atoms with Crippen LogP contribution < -0.4 is 4.74 Å². The van der Waals surface area contributed by atoms with Gasteiger partial charge in [0.15, 0.2) is 0 Å². The zero-order chi connectivity index (χ0) is 9.26. The minimum Gasteiger partial charge on any atom is -0.496 e. The molecule has 0 atom stereocenters. The van der Waals surface area contributed by atoms with Crippen LogP contribution in [0.1, 0.15) is 5.76 Å². The maximum absolute atomic E-state index is 9.00. The van der Waals surface area contributed by atoms with Crippen molar-refractivity contribution >= 4 is 10.8 Å². The molecular weight excluding hydrogens is 168 g/mol. The monoisotopic (exact) mass is 178 g/mol. The van der Waals surface area contributed by atoms with Gasteiger partial charge in [-0.25, -0.2) is 0 Å². The maximum atomic E-state index is 9.00. The lowest BCUT2D eigenvalue weighted by atomic mass is 10.1. The van der Waals surface area contributed by atoms with Crippen molar-refractivity contribution in [3.05, 3.63) is 30.2 Å². The SMILES string of the molecule is COc1cccc2coc(CO)c12. The van der Waals surface area contributed by atoms with Crippen LogP contribution in [0.3, 0.4) is 0 Å². The molecule has 1 heterocycles. The summed E-state index contributed by atoms with van der Waals surface area (Å²) >= 11 is 0. The van der Waals surface area contributed by atoms with E-state index in [4.69, 9.17) is 14.3 Å². The van der Waals surface area contributed by atoms with Crippen LogP contribution in [0.4, 0.5) is 0 Å². The third kappa shape index (κ3) is 1.17. The van der Waals surface area contributed by atoms with Crippen LogP contribution in [-0.4, -0.2) is 12.2 Å². The van der Waals surface area contributed by atoms with E-state index in [0.717, 1.165) is 16.5 Å². The minimum atomic E-state index is -0.107. The molecule has 0 amide bonds. The summed E-state index contributed by atoms with van der Waals surface area (Å²) in [5, 5.41) is 10.8. The Morgan fingerprint density at radius 2 is 2.31 bits per heavy atom. The fraction of sp³-hybridized carbons (Fsp3) is 0.200. The first-order chi connectivity index (χ1) is 6.36. The minimum absolute atomic E-state index is 0.107. The third-order valence-corrected chi connectivity index (χ3v) is 2.03. The van der Waals surface area contributed by atoms with Gasteiger partial charge >= 0.3 is 0 Å². The van der Waals surface area contributed by atoms with E-state index in [1.165, 1.54) is 0 Å². The van der Waals surface area contributed by atoms with Crippen molar-refractivity contribution in [2.45, 2.75) is 6.61 Å². The first-order valence-corrected chi connectivity index (χ1v) is 4.00. The summed E-state index contributed by atoms with van der Waals surface area (Å²) in [6, 6.07) is 5.65. The second-order valence-electron chi connectivity index (χ2n) is 2.74. The van der Waals surface area contributed by atoms with E-state index in [1.54, 1.807) is 13.4 Å². The Kier molecular flexibility index (Phi) is 1.94. The molecule has 0 fully saturated rings. The summed E-state index contributed by atoms with van der Waals surface area (Å²) in [4.78, 5) is 0. The molecule has 0 bridgehead atoms. The van der Waals surface area contributed by atoms with Gasteiger partial charge in [-0.2, -0.15) is 0 Å². The molecule has 0 radical (unpaired) electrons. The Bertz CT molecular complexity index is 417. The second kappa shape index (κ2) is 3.11. The van der Waals surface area contributed by atoms with Crippen molar-refractivity contribution in [3.8, 4) is 5.75 Å². The molecular formula is C10H10O3. The summed E-state index contributed by atoms with van der Waals surface area (Å²) in [5.74, 6) is 1.28. The Balaban J connectivity index is 2.76. The number of furan rings is 1. The molecule has 68 valence electrons. The van der Waals surface area contributed by atoms with Gasteiger partial charge < -0.3 is 14.3 Å². The second-order valence-corrected chi connectivity index (χ2v) is 2.74. The first-order valence-electron chi connectivity index (χ1n) is 4.00. The van der Waals surface area contributed by atoms with E-state index < -0.39 is 0 Å². The van der Waals surface area contributed by atoms with E-state index in [9.17, 15) is 0 Å². The lowest BCUT2D eigenvalue weighted by Gasteiger charge is -2.01. The Hall–Kier alpha value is -1.48. The van der Waals surface area contributed by atoms with Gasteiger partial charge in [0.25, 0.3) is 0 Å². The summed E-state index contributed by atoms with van der Waals surface area (Å²) in [7, 11) is 1.60. The average molecular weight is 178 g/mol. The van der Waals surface area contributed by atoms with E-state index in [-0.39, 0.29) is 6.61 Å². The smallest absolute Gasteiger partial charge is 0.140 e. The molecule has 1 N–H and O–H groups in total. The van der Waals surface area contributed by atoms with Crippen LogP contribution in [0.25, 0.3) is 10.8 Å². The van der Waals surface area contributed by atoms with Crippen molar-refractivity contribution in [1.82, 2.24) is 0 Å². The summed E-state index contributed by atoms with van der Waals surface area (Å²) < 4.78 is 10.3. The molecule has 0 aliphatic heterocycles. The number of fused-ring (bicyclic) bond motifs is 1. The number of ether oxygens (including phenoxy) is 1. The highest BCUT2D eigenvalue weighted by atomic mass is 16.5. The highest BCUT2D eigenvalue weighted by Crippen LogP contribution is 2.30. The summed E-state index contributed by atoms with van der Waals surface area (Å²) in [5.41, 5.74) is 0. The fourth-order valence-electron chi connectivity index (χ4n) is 1.42. The molecule has 1 aromatic carbocycles. The van der Waals surface area contributed by atoms with E-state index >= 15 is 0 Å². The van der Waals surface area contributed by atoms with Crippen LogP contribution >= 0.6 is 0 Å². The van der Waals surface area contributed by atoms with Gasteiger partial charge in [-0.15, -0.1) is 0 Å². The van der Waals surface area contributed by atoms with Crippen molar-refractivity contribution in [1.29, 1.82) is 0 Å². The molecule has 1 aromatic heterocycles. The number of rotatable bonds is 2. The highest BCUT2D eigenvalue weighted by Gasteiger charge is 2.09. The largest absolute Gasteiger partial charge is 0.496 e. The number of aliphatic hydroxyl groups excluding tert-OH is 1. The predicted molar refractivity (Wildman–Crippen MR) is 48.7 cm³/mol. The van der Waals surface area contributed by atoms with Crippen LogP contribution in [0.2, 0.25) is 0 Å². The Morgan fingerprint density at radius 1 is 1.46 bits per heavy atom. The van der Waals surface area contributed by atoms with Crippen LogP contribution in [0, 0.1) is 0 Å². The van der Waals surface area contributed by atoms with Gasteiger partial charge in [0.1, 0.15) is 18.1 Å². The van der Waals surface area contributed by atoms with Crippen LogP contribution in [0.5, 0.6) is 5.75 Å². The number of methoxy groups -OCH3 is 1. The molecule has 0 unspecified atom stereocenters. The summed E-state index contributed by atoms with van der Waals surface area (Å²) in [6.07, 6.45) is 1.61. The molecule has 0 saturated carbocycles. The highest BCUT2D eigenvalue weighted by molar-refractivity contribution is 5.89. The quantitative estimate of drug-likeness (QED) is 0.764. The molecule has 3 heteroatoms. The number of benzene rings is 1. The van der Waals surface area contributed by atoms with E-state index in [0.29, 0.717) is 5.76 Å². The predicted octanol–water partition coefficient (Wildman–Crippen LogP) is 1.93. The van der Waals surface area contributed by atoms with E-state index in [1.807, 2.05) is 18.2 Å². The molecule has 3 nitrogen and oxygen atoms in total. The zero-order valence-electron chi connectivity index (χ0n) is 7.28. The molecule has 2 rings (SSSR count). The van der Waals surface area contributed by atoms with E-state index in [2.05, 4.69) is 0 Å². The van der Waals surface area contributed by atoms with Crippen LogP contribution in [-0.2, 0) is 6.61 Å².